The lowest BCUT2D eigenvalue weighted by Gasteiger charge is -2.08. The molecule has 18 heavy (non-hydrogen) atoms. The molecule has 0 spiro atoms. The Morgan fingerprint density at radius 2 is 1.72 bits per heavy atom. The van der Waals surface area contributed by atoms with E-state index in [0.717, 1.165) is 11.1 Å². The van der Waals surface area contributed by atoms with E-state index in [1.807, 2.05) is 24.3 Å². The maximum atomic E-state index is 8.94. The van der Waals surface area contributed by atoms with Gasteiger partial charge in [0.2, 0.25) is 0 Å². The second kappa shape index (κ2) is 5.87. The minimum atomic E-state index is 0.0251. The first-order chi connectivity index (χ1) is 8.72. The fraction of sp³-hybridized carbons (Fsp3) is 0.143. The summed E-state index contributed by atoms with van der Waals surface area (Å²) in [6.07, 6.45) is 0. The van der Waals surface area contributed by atoms with E-state index in [4.69, 9.17) is 27.2 Å². The first-order valence-corrected chi connectivity index (χ1v) is 5.97. The molecule has 0 aliphatic carbocycles. The Balaban J connectivity index is 2.15. The molecule has 0 heterocycles. The number of hydrogen-bond acceptors (Lipinski definition) is 3. The summed E-state index contributed by atoms with van der Waals surface area (Å²) in [4.78, 5) is 0. The molecule has 0 fully saturated rings. The van der Waals surface area contributed by atoms with Crippen molar-refractivity contribution in [3.63, 3.8) is 0 Å². The lowest BCUT2D eigenvalue weighted by Crippen LogP contribution is -1.97. The summed E-state index contributed by atoms with van der Waals surface area (Å²) in [7, 11) is 0. The van der Waals surface area contributed by atoms with Crippen LogP contribution in [0.4, 0.5) is 0 Å². The van der Waals surface area contributed by atoms with Gasteiger partial charge in [0.25, 0.3) is 0 Å². The summed E-state index contributed by atoms with van der Waals surface area (Å²) in [6.45, 7) is 0.432. The molecule has 0 atom stereocenters. The number of ether oxygens (including phenoxy) is 1. The Morgan fingerprint density at radius 1 is 1.06 bits per heavy atom. The van der Waals surface area contributed by atoms with Crippen molar-refractivity contribution in [1.29, 1.82) is 0 Å². The third-order valence-electron chi connectivity index (χ3n) is 2.59. The summed E-state index contributed by atoms with van der Waals surface area (Å²) < 4.78 is 5.65. The molecule has 0 saturated carbocycles. The Bertz CT molecular complexity index is 526. The molecule has 0 unspecified atom stereocenters. The fourth-order valence-corrected chi connectivity index (χ4v) is 1.80. The molecule has 0 bridgehead atoms. The number of aliphatic hydroxyl groups excluding tert-OH is 1. The van der Waals surface area contributed by atoms with E-state index in [2.05, 4.69) is 0 Å². The van der Waals surface area contributed by atoms with E-state index >= 15 is 0 Å². The van der Waals surface area contributed by atoms with Gasteiger partial charge in [-0.3, -0.25) is 0 Å². The zero-order valence-corrected chi connectivity index (χ0v) is 10.5. The third kappa shape index (κ3) is 3.01. The quantitative estimate of drug-likeness (QED) is 0.891. The van der Waals surface area contributed by atoms with Crippen LogP contribution in [0.3, 0.4) is 0 Å². The van der Waals surface area contributed by atoms with Gasteiger partial charge in [-0.2, -0.15) is 0 Å². The first-order valence-electron chi connectivity index (χ1n) is 5.59. The molecule has 4 heteroatoms. The molecular weight excluding hydrogens is 250 g/mol. The minimum absolute atomic E-state index is 0.0251. The molecule has 94 valence electrons. The van der Waals surface area contributed by atoms with Crippen molar-refractivity contribution in [3.8, 4) is 11.5 Å². The van der Waals surface area contributed by atoms with E-state index < -0.39 is 0 Å². The maximum Gasteiger partial charge on any atom is 0.128 e. The summed E-state index contributed by atoms with van der Waals surface area (Å²) in [5, 5.41) is 9.54. The van der Waals surface area contributed by atoms with Crippen molar-refractivity contribution in [2.45, 2.75) is 13.2 Å². The van der Waals surface area contributed by atoms with Crippen LogP contribution in [0.15, 0.2) is 42.5 Å². The topological polar surface area (TPSA) is 55.5 Å². The van der Waals surface area contributed by atoms with Gasteiger partial charge in [-0.15, -0.1) is 0 Å². The van der Waals surface area contributed by atoms with Gasteiger partial charge in [0, 0.05) is 11.6 Å². The van der Waals surface area contributed by atoms with Crippen molar-refractivity contribution < 1.29 is 9.84 Å². The molecular formula is C14H14ClNO2. The summed E-state index contributed by atoms with van der Waals surface area (Å²) >= 11 is 6.05. The minimum Gasteiger partial charge on any atom is -0.457 e. The summed E-state index contributed by atoms with van der Waals surface area (Å²) in [5.74, 6) is 1.36. The van der Waals surface area contributed by atoms with Crippen LogP contribution in [0.2, 0.25) is 5.02 Å². The van der Waals surface area contributed by atoms with E-state index in [1.165, 1.54) is 0 Å². The van der Waals surface area contributed by atoms with Crippen LogP contribution >= 0.6 is 11.6 Å². The number of hydrogen-bond donors (Lipinski definition) is 2. The Hall–Kier alpha value is -1.55. The Kier molecular flexibility index (Phi) is 4.20. The average molecular weight is 264 g/mol. The number of nitrogens with two attached hydrogens (primary N) is 1. The smallest absolute Gasteiger partial charge is 0.128 e. The van der Waals surface area contributed by atoms with Gasteiger partial charge in [-0.25, -0.2) is 0 Å². The third-order valence-corrected chi connectivity index (χ3v) is 2.94. The van der Waals surface area contributed by atoms with Gasteiger partial charge >= 0.3 is 0 Å². The Morgan fingerprint density at radius 3 is 2.28 bits per heavy atom. The molecule has 0 aliphatic heterocycles. The van der Waals surface area contributed by atoms with Crippen LogP contribution in [0, 0.1) is 0 Å². The normalized spacial score (nSPS) is 10.4. The van der Waals surface area contributed by atoms with Crippen molar-refractivity contribution in [2.75, 3.05) is 0 Å². The molecule has 0 amide bonds. The van der Waals surface area contributed by atoms with E-state index in [1.54, 1.807) is 18.2 Å². The molecule has 3 nitrogen and oxygen atoms in total. The van der Waals surface area contributed by atoms with E-state index in [9.17, 15) is 0 Å². The highest BCUT2D eigenvalue weighted by Crippen LogP contribution is 2.26. The second-order valence-corrected chi connectivity index (χ2v) is 4.27. The Labute approximate surface area is 111 Å². The van der Waals surface area contributed by atoms with Crippen molar-refractivity contribution in [1.82, 2.24) is 0 Å². The lowest BCUT2D eigenvalue weighted by molar-refractivity contribution is 0.281. The van der Waals surface area contributed by atoms with Crippen molar-refractivity contribution in [2.24, 2.45) is 5.73 Å². The zero-order chi connectivity index (χ0) is 13.0. The monoisotopic (exact) mass is 263 g/mol. The highest BCUT2D eigenvalue weighted by Gasteiger charge is 2.02. The molecule has 2 aromatic carbocycles. The SMILES string of the molecule is NCc1ccc(Oc2ccc(CO)cc2)cc1Cl. The molecule has 3 N–H and O–H groups in total. The average Bonchev–Trinajstić information content (AvgIpc) is 2.40. The van der Waals surface area contributed by atoms with Crippen LogP contribution in [-0.2, 0) is 13.2 Å². The molecule has 0 aromatic heterocycles. The molecule has 2 rings (SSSR count). The van der Waals surface area contributed by atoms with Crippen molar-refractivity contribution >= 4 is 11.6 Å². The van der Waals surface area contributed by atoms with Gasteiger partial charge in [0.15, 0.2) is 0 Å². The van der Waals surface area contributed by atoms with Crippen LogP contribution in [0.1, 0.15) is 11.1 Å². The van der Waals surface area contributed by atoms with Gasteiger partial charge in [0.05, 0.1) is 6.61 Å². The zero-order valence-electron chi connectivity index (χ0n) is 9.77. The van der Waals surface area contributed by atoms with Crippen molar-refractivity contribution in [3.05, 3.63) is 58.6 Å². The van der Waals surface area contributed by atoms with Crippen LogP contribution < -0.4 is 10.5 Å². The number of aliphatic hydroxyl groups is 1. The largest absolute Gasteiger partial charge is 0.457 e. The van der Waals surface area contributed by atoms with Crippen LogP contribution in [0.5, 0.6) is 11.5 Å². The first kappa shape index (κ1) is 12.9. The second-order valence-electron chi connectivity index (χ2n) is 3.86. The summed E-state index contributed by atoms with van der Waals surface area (Å²) in [5.41, 5.74) is 7.27. The predicted octanol–water partition coefficient (Wildman–Crippen LogP) is 3.08. The lowest BCUT2D eigenvalue weighted by atomic mass is 10.2. The van der Waals surface area contributed by atoms with Crippen LogP contribution in [-0.4, -0.2) is 5.11 Å². The number of halogens is 1. The highest BCUT2D eigenvalue weighted by atomic mass is 35.5. The van der Waals surface area contributed by atoms with Gasteiger partial charge in [-0.05, 0) is 35.4 Å². The van der Waals surface area contributed by atoms with E-state index in [-0.39, 0.29) is 6.61 Å². The maximum absolute atomic E-state index is 8.94. The fourth-order valence-electron chi connectivity index (χ4n) is 1.56. The molecule has 2 aromatic rings. The molecule has 0 saturated heterocycles. The number of rotatable bonds is 4. The van der Waals surface area contributed by atoms with Gasteiger partial charge < -0.3 is 15.6 Å². The van der Waals surface area contributed by atoms with E-state index in [0.29, 0.717) is 23.1 Å². The summed E-state index contributed by atoms with van der Waals surface area (Å²) in [6, 6.07) is 12.6. The molecule has 0 radical (unpaired) electrons. The van der Waals surface area contributed by atoms with Gasteiger partial charge in [0.1, 0.15) is 11.5 Å². The molecule has 0 aliphatic rings. The standard InChI is InChI=1S/C14H14ClNO2/c15-14-7-13(6-3-11(14)8-16)18-12-4-1-10(9-17)2-5-12/h1-7,17H,8-9,16H2. The number of benzene rings is 2. The predicted molar refractivity (Wildman–Crippen MR) is 71.8 cm³/mol. The van der Waals surface area contributed by atoms with Gasteiger partial charge in [-0.1, -0.05) is 29.8 Å². The van der Waals surface area contributed by atoms with Crippen LogP contribution in [0.25, 0.3) is 0 Å². The highest BCUT2D eigenvalue weighted by molar-refractivity contribution is 6.31.